The molecule has 0 saturated carbocycles. The van der Waals surface area contributed by atoms with E-state index < -0.39 is 0 Å². The molecule has 2 rings (SSSR count). The molecular weight excluding hydrogens is 508 g/mol. The minimum Gasteiger partial charge on any atom is -0.506 e. The Morgan fingerprint density at radius 3 is 2.71 bits per heavy atom. The second kappa shape index (κ2) is 8.64. The number of nitrogens with zero attached hydrogens (tertiary/aromatic N) is 1. The number of phenols is 1. The van der Waals surface area contributed by atoms with Gasteiger partial charge in [0.2, 0.25) is 0 Å². The third-order valence-electron chi connectivity index (χ3n) is 3.02. The van der Waals surface area contributed by atoms with E-state index in [0.29, 0.717) is 24.7 Å². The minimum absolute atomic E-state index is 0.0499. The van der Waals surface area contributed by atoms with Crippen molar-refractivity contribution in [2.45, 2.75) is 6.92 Å². The summed E-state index contributed by atoms with van der Waals surface area (Å²) in [7, 11) is 0. The fourth-order valence-corrected chi connectivity index (χ4v) is 4.10. The van der Waals surface area contributed by atoms with Gasteiger partial charge in [0.15, 0.2) is 6.61 Å². The van der Waals surface area contributed by atoms with Gasteiger partial charge in [-0.2, -0.15) is 5.10 Å². The molecule has 0 spiro atoms. The van der Waals surface area contributed by atoms with Crippen molar-refractivity contribution in [3.63, 3.8) is 0 Å². The number of aryl methyl sites for hydroxylation is 1. The predicted molar refractivity (Wildman–Crippen MR) is 104 cm³/mol. The number of hydrazone groups is 1. The Morgan fingerprint density at radius 2 is 2.00 bits per heavy atom. The molecule has 1 amide bonds. The first-order valence-corrected chi connectivity index (χ1v) is 9.15. The second-order valence-corrected chi connectivity index (χ2v) is 7.27. The van der Waals surface area contributed by atoms with Crippen molar-refractivity contribution < 1.29 is 14.6 Å². The summed E-state index contributed by atoms with van der Waals surface area (Å²) in [6, 6.07) is 9.12. The molecule has 8 heteroatoms. The molecule has 0 unspecified atom stereocenters. The largest absolute Gasteiger partial charge is 0.506 e. The summed E-state index contributed by atoms with van der Waals surface area (Å²) in [6.45, 7) is 1.76. The second-order valence-electron chi connectivity index (χ2n) is 4.76. The van der Waals surface area contributed by atoms with Crippen molar-refractivity contribution in [3.05, 3.63) is 54.9 Å². The van der Waals surface area contributed by atoms with E-state index in [2.05, 4.69) is 58.3 Å². The lowest BCUT2D eigenvalue weighted by atomic mass is 10.2. The van der Waals surface area contributed by atoms with Crippen LogP contribution in [0.1, 0.15) is 11.1 Å². The predicted octanol–water partition coefficient (Wildman–Crippen LogP) is 4.52. The number of amides is 1. The Bertz CT molecular complexity index is 794. The number of ether oxygens (including phenoxy) is 1. The molecule has 0 atom stereocenters. The third kappa shape index (κ3) is 4.81. The molecule has 0 aliphatic heterocycles. The van der Waals surface area contributed by atoms with Gasteiger partial charge in [-0.05, 0) is 56.5 Å². The van der Waals surface area contributed by atoms with E-state index >= 15 is 0 Å². The van der Waals surface area contributed by atoms with Gasteiger partial charge >= 0.3 is 0 Å². The van der Waals surface area contributed by atoms with Crippen molar-refractivity contribution in [1.82, 2.24) is 5.43 Å². The van der Waals surface area contributed by atoms with Crippen LogP contribution in [0.5, 0.6) is 11.5 Å². The number of benzene rings is 2. The van der Waals surface area contributed by atoms with Crippen LogP contribution < -0.4 is 10.2 Å². The Balaban J connectivity index is 1.96. The van der Waals surface area contributed by atoms with Crippen molar-refractivity contribution in [2.24, 2.45) is 5.10 Å². The summed E-state index contributed by atoms with van der Waals surface area (Å²) >= 11 is 9.88. The molecule has 126 valence electrons. The summed E-state index contributed by atoms with van der Waals surface area (Å²) < 4.78 is 7.13. The molecule has 0 radical (unpaired) electrons. The molecule has 0 bridgehead atoms. The maximum absolute atomic E-state index is 11.8. The highest BCUT2D eigenvalue weighted by Gasteiger charge is 2.12. The monoisotopic (exact) mass is 518 g/mol. The number of hydrogen-bond donors (Lipinski definition) is 2. The van der Waals surface area contributed by atoms with Crippen LogP contribution in [-0.4, -0.2) is 23.8 Å². The van der Waals surface area contributed by atoms with Gasteiger partial charge < -0.3 is 9.84 Å². The number of aromatic hydroxyl groups is 1. The summed E-state index contributed by atoms with van der Waals surface area (Å²) in [5.74, 6) is 0.317. The molecule has 0 aromatic heterocycles. The zero-order valence-electron chi connectivity index (χ0n) is 12.5. The van der Waals surface area contributed by atoms with Crippen molar-refractivity contribution in [3.8, 4) is 11.5 Å². The minimum atomic E-state index is -0.386. The standard InChI is InChI=1S/C16H13Br3N2O3/c1-9-4-2-3-5-13(9)24-8-14(22)21-20-7-10-11(17)6-12(18)16(23)15(10)19/h2-7,23H,8H2,1H3,(H,21,22). The van der Waals surface area contributed by atoms with Crippen LogP contribution in [0.15, 0.2) is 48.9 Å². The van der Waals surface area contributed by atoms with Crippen LogP contribution in [0.4, 0.5) is 0 Å². The topological polar surface area (TPSA) is 70.9 Å². The number of nitrogens with one attached hydrogen (secondary N) is 1. The first kappa shape index (κ1) is 19.0. The summed E-state index contributed by atoms with van der Waals surface area (Å²) in [6.07, 6.45) is 1.42. The number of halogens is 3. The van der Waals surface area contributed by atoms with Crippen molar-refractivity contribution >= 4 is 59.9 Å². The molecule has 2 aromatic carbocycles. The van der Waals surface area contributed by atoms with Crippen LogP contribution in [-0.2, 0) is 4.79 Å². The van der Waals surface area contributed by atoms with Crippen LogP contribution in [0.25, 0.3) is 0 Å². The molecule has 0 aliphatic rings. The number of rotatable bonds is 5. The summed E-state index contributed by atoms with van der Waals surface area (Å²) in [5, 5.41) is 13.8. The Hall–Kier alpha value is -1.38. The number of hydrogen-bond acceptors (Lipinski definition) is 4. The molecule has 0 fully saturated rings. The van der Waals surface area contributed by atoms with E-state index in [-0.39, 0.29) is 18.3 Å². The fraction of sp³-hybridized carbons (Fsp3) is 0.125. The van der Waals surface area contributed by atoms with Gasteiger partial charge in [0.05, 0.1) is 15.2 Å². The van der Waals surface area contributed by atoms with Crippen LogP contribution >= 0.6 is 47.8 Å². The van der Waals surface area contributed by atoms with E-state index in [1.165, 1.54) is 6.21 Å². The average Bonchev–Trinajstić information content (AvgIpc) is 2.55. The molecule has 2 aromatic rings. The molecule has 0 saturated heterocycles. The number of phenolic OH excluding ortho intramolecular Hbond substituents is 1. The lowest BCUT2D eigenvalue weighted by Crippen LogP contribution is -2.24. The summed E-state index contributed by atoms with van der Waals surface area (Å²) in [4.78, 5) is 11.8. The van der Waals surface area contributed by atoms with Gasteiger partial charge in [0, 0.05) is 10.0 Å². The lowest BCUT2D eigenvalue weighted by molar-refractivity contribution is -0.123. The smallest absolute Gasteiger partial charge is 0.277 e. The van der Waals surface area contributed by atoms with Crippen molar-refractivity contribution in [1.29, 1.82) is 0 Å². The van der Waals surface area contributed by atoms with Crippen LogP contribution in [0, 0.1) is 6.92 Å². The average molecular weight is 521 g/mol. The quantitative estimate of drug-likeness (QED) is 0.450. The van der Waals surface area contributed by atoms with E-state index in [9.17, 15) is 9.90 Å². The number of carbonyl (C=O) groups excluding carboxylic acids is 1. The highest BCUT2D eigenvalue weighted by molar-refractivity contribution is 9.11. The molecule has 2 N–H and O–H groups in total. The van der Waals surface area contributed by atoms with Gasteiger partial charge in [-0.15, -0.1) is 0 Å². The molecule has 24 heavy (non-hydrogen) atoms. The van der Waals surface area contributed by atoms with Gasteiger partial charge in [-0.3, -0.25) is 4.79 Å². The van der Waals surface area contributed by atoms with Gasteiger partial charge in [-0.1, -0.05) is 34.1 Å². The zero-order valence-corrected chi connectivity index (χ0v) is 17.3. The first-order valence-electron chi connectivity index (χ1n) is 6.77. The van der Waals surface area contributed by atoms with Gasteiger partial charge in [0.25, 0.3) is 5.91 Å². The summed E-state index contributed by atoms with van der Waals surface area (Å²) in [5.41, 5.74) is 3.92. The fourth-order valence-electron chi connectivity index (χ4n) is 1.78. The lowest BCUT2D eigenvalue weighted by Gasteiger charge is -2.08. The molecule has 0 aliphatic carbocycles. The third-order valence-corrected chi connectivity index (χ3v) is 5.08. The maximum Gasteiger partial charge on any atom is 0.277 e. The SMILES string of the molecule is Cc1ccccc1OCC(=O)NN=Cc1c(Br)cc(Br)c(O)c1Br. The van der Waals surface area contributed by atoms with Crippen LogP contribution in [0.3, 0.4) is 0 Å². The highest BCUT2D eigenvalue weighted by atomic mass is 79.9. The highest BCUT2D eigenvalue weighted by Crippen LogP contribution is 2.38. The van der Waals surface area contributed by atoms with Gasteiger partial charge in [0.1, 0.15) is 11.5 Å². The Morgan fingerprint density at radius 1 is 1.29 bits per heavy atom. The van der Waals surface area contributed by atoms with E-state index in [1.54, 1.807) is 12.1 Å². The van der Waals surface area contributed by atoms with Crippen molar-refractivity contribution in [2.75, 3.05) is 6.61 Å². The zero-order chi connectivity index (χ0) is 17.7. The Kier molecular flexibility index (Phi) is 6.82. The van der Waals surface area contributed by atoms with E-state index in [0.717, 1.165) is 5.56 Å². The molecule has 5 nitrogen and oxygen atoms in total. The van der Waals surface area contributed by atoms with E-state index in [1.807, 2.05) is 25.1 Å². The van der Waals surface area contributed by atoms with Crippen LogP contribution in [0.2, 0.25) is 0 Å². The van der Waals surface area contributed by atoms with E-state index in [4.69, 9.17) is 4.74 Å². The Labute approximate surface area is 164 Å². The molecule has 0 heterocycles. The normalized spacial score (nSPS) is 10.8. The maximum atomic E-state index is 11.8. The number of carbonyl (C=O) groups is 1. The molecular formula is C16H13Br3N2O3. The van der Waals surface area contributed by atoms with Gasteiger partial charge in [-0.25, -0.2) is 5.43 Å². The first-order chi connectivity index (χ1) is 11.4. The number of para-hydroxylation sites is 1.